The molecular weight excluding hydrogens is 246 g/mol. The Bertz CT molecular complexity index is 270. The van der Waals surface area contributed by atoms with Crippen LogP contribution in [0.4, 0.5) is 0 Å². The molecule has 0 amide bonds. The van der Waals surface area contributed by atoms with E-state index in [9.17, 15) is 0 Å². The highest BCUT2D eigenvalue weighted by Gasteiger charge is 2.36. The predicted molar refractivity (Wildman–Crippen MR) is 89.2 cm³/mol. The molecule has 0 spiro atoms. The molecule has 1 N–H and O–H groups in total. The van der Waals surface area contributed by atoms with Gasteiger partial charge in [0, 0.05) is 12.1 Å². The Morgan fingerprint density at radius 3 is 2.20 bits per heavy atom. The summed E-state index contributed by atoms with van der Waals surface area (Å²) in [6.07, 6.45) is 5.29. The van der Waals surface area contributed by atoms with Crippen molar-refractivity contribution in [2.24, 2.45) is 11.3 Å². The molecule has 1 saturated carbocycles. The van der Waals surface area contributed by atoms with Crippen molar-refractivity contribution in [2.75, 3.05) is 41.3 Å². The molecule has 120 valence electrons. The molecule has 0 aliphatic heterocycles. The van der Waals surface area contributed by atoms with E-state index in [0.29, 0.717) is 17.5 Å². The molecule has 3 heteroatoms. The molecular formula is C17H37N3. The van der Waals surface area contributed by atoms with Gasteiger partial charge in [-0.05, 0) is 78.3 Å². The Morgan fingerprint density at radius 2 is 1.70 bits per heavy atom. The highest BCUT2D eigenvalue weighted by Crippen LogP contribution is 2.39. The third-order valence-electron chi connectivity index (χ3n) is 5.09. The number of nitrogens with one attached hydrogen (secondary N) is 1. The summed E-state index contributed by atoms with van der Waals surface area (Å²) in [4.78, 5) is 4.88. The van der Waals surface area contributed by atoms with Crippen LogP contribution in [-0.2, 0) is 0 Å². The van der Waals surface area contributed by atoms with Crippen LogP contribution in [0, 0.1) is 11.3 Å². The minimum absolute atomic E-state index is 0.446. The third kappa shape index (κ3) is 5.34. The zero-order valence-electron chi connectivity index (χ0n) is 14.9. The van der Waals surface area contributed by atoms with Crippen molar-refractivity contribution >= 4 is 0 Å². The lowest BCUT2D eigenvalue weighted by Crippen LogP contribution is -2.52. The average Bonchev–Trinajstić information content (AvgIpc) is 2.36. The van der Waals surface area contributed by atoms with Crippen LogP contribution in [0.2, 0.25) is 0 Å². The topological polar surface area (TPSA) is 18.5 Å². The standard InChI is InChI=1S/C17H37N3/c1-17(2,3)14-9-10-15(18-4)16(13-14)20(7)12-8-11-19(5)6/h14-16,18H,8-13H2,1-7H3. The van der Waals surface area contributed by atoms with Crippen molar-refractivity contribution in [2.45, 2.75) is 58.5 Å². The normalized spacial score (nSPS) is 28.4. The number of nitrogens with zero attached hydrogens (tertiary/aromatic N) is 2. The molecule has 1 aliphatic rings. The molecule has 3 nitrogen and oxygen atoms in total. The fourth-order valence-electron chi connectivity index (χ4n) is 3.56. The van der Waals surface area contributed by atoms with Crippen LogP contribution in [0.1, 0.15) is 46.5 Å². The largest absolute Gasteiger partial charge is 0.315 e. The van der Waals surface area contributed by atoms with Gasteiger partial charge < -0.3 is 15.1 Å². The summed E-state index contributed by atoms with van der Waals surface area (Å²) < 4.78 is 0. The number of hydrogen-bond acceptors (Lipinski definition) is 3. The molecule has 0 bridgehead atoms. The molecule has 1 rings (SSSR count). The van der Waals surface area contributed by atoms with E-state index in [1.165, 1.54) is 38.8 Å². The Balaban J connectivity index is 2.57. The second-order valence-corrected chi connectivity index (χ2v) is 7.98. The predicted octanol–water partition coefficient (Wildman–Crippen LogP) is 2.67. The maximum Gasteiger partial charge on any atom is 0.0249 e. The van der Waals surface area contributed by atoms with Gasteiger partial charge in [0.1, 0.15) is 0 Å². The first-order chi connectivity index (χ1) is 9.25. The van der Waals surface area contributed by atoms with E-state index in [1.54, 1.807) is 0 Å². The van der Waals surface area contributed by atoms with Gasteiger partial charge in [0.15, 0.2) is 0 Å². The van der Waals surface area contributed by atoms with Crippen molar-refractivity contribution in [3.8, 4) is 0 Å². The smallest absolute Gasteiger partial charge is 0.0249 e. The SMILES string of the molecule is CNC1CCC(C(C)(C)C)CC1N(C)CCCN(C)C. The average molecular weight is 284 g/mol. The first-order valence-corrected chi connectivity index (χ1v) is 8.28. The van der Waals surface area contributed by atoms with Gasteiger partial charge >= 0.3 is 0 Å². The van der Waals surface area contributed by atoms with Crippen LogP contribution < -0.4 is 5.32 Å². The molecule has 1 fully saturated rings. The lowest BCUT2D eigenvalue weighted by atomic mass is 9.69. The summed E-state index contributed by atoms with van der Waals surface area (Å²) in [6.45, 7) is 9.60. The zero-order chi connectivity index (χ0) is 15.3. The summed E-state index contributed by atoms with van der Waals surface area (Å²) in [7, 11) is 8.76. The van der Waals surface area contributed by atoms with Crippen LogP contribution in [0.15, 0.2) is 0 Å². The van der Waals surface area contributed by atoms with E-state index in [0.717, 1.165) is 5.92 Å². The fourth-order valence-corrected chi connectivity index (χ4v) is 3.56. The van der Waals surface area contributed by atoms with E-state index in [4.69, 9.17) is 0 Å². The molecule has 0 saturated heterocycles. The van der Waals surface area contributed by atoms with Crippen LogP contribution >= 0.6 is 0 Å². The summed E-state index contributed by atoms with van der Waals surface area (Å²) in [5.74, 6) is 0.855. The first-order valence-electron chi connectivity index (χ1n) is 8.28. The van der Waals surface area contributed by atoms with Crippen LogP contribution in [0.5, 0.6) is 0 Å². The Hall–Kier alpha value is -0.120. The van der Waals surface area contributed by atoms with E-state index in [-0.39, 0.29) is 0 Å². The van der Waals surface area contributed by atoms with Gasteiger partial charge in [0.05, 0.1) is 0 Å². The quantitative estimate of drug-likeness (QED) is 0.808. The Morgan fingerprint density at radius 1 is 1.05 bits per heavy atom. The van der Waals surface area contributed by atoms with Crippen molar-refractivity contribution in [1.29, 1.82) is 0 Å². The second kappa shape index (κ2) is 7.77. The number of likely N-dealkylation sites (N-methyl/N-ethyl adjacent to an activating group) is 2. The van der Waals surface area contributed by atoms with Gasteiger partial charge in [0.2, 0.25) is 0 Å². The molecule has 1 aliphatic carbocycles. The van der Waals surface area contributed by atoms with Gasteiger partial charge in [-0.25, -0.2) is 0 Å². The minimum atomic E-state index is 0.446. The molecule has 20 heavy (non-hydrogen) atoms. The van der Waals surface area contributed by atoms with Crippen LogP contribution in [0.25, 0.3) is 0 Å². The van der Waals surface area contributed by atoms with E-state index in [1.807, 2.05) is 0 Å². The van der Waals surface area contributed by atoms with Crippen LogP contribution in [0.3, 0.4) is 0 Å². The molecule has 0 aromatic rings. The van der Waals surface area contributed by atoms with E-state index in [2.05, 4.69) is 64.1 Å². The summed E-state index contributed by atoms with van der Waals surface area (Å²) in [6, 6.07) is 1.36. The molecule has 0 aromatic heterocycles. The van der Waals surface area contributed by atoms with Gasteiger partial charge in [-0.15, -0.1) is 0 Å². The summed E-state index contributed by atoms with van der Waals surface area (Å²) in [5.41, 5.74) is 0.446. The Labute approximate surface area is 127 Å². The molecule has 0 heterocycles. The minimum Gasteiger partial charge on any atom is -0.315 e. The summed E-state index contributed by atoms with van der Waals surface area (Å²) >= 11 is 0. The van der Waals surface area contributed by atoms with Crippen LogP contribution in [-0.4, -0.2) is 63.2 Å². The van der Waals surface area contributed by atoms with Gasteiger partial charge in [-0.1, -0.05) is 20.8 Å². The van der Waals surface area contributed by atoms with Gasteiger partial charge in [0.25, 0.3) is 0 Å². The van der Waals surface area contributed by atoms with E-state index >= 15 is 0 Å². The number of hydrogen-bond donors (Lipinski definition) is 1. The van der Waals surface area contributed by atoms with Crippen molar-refractivity contribution in [3.63, 3.8) is 0 Å². The maximum absolute atomic E-state index is 3.55. The van der Waals surface area contributed by atoms with Gasteiger partial charge in [-0.3, -0.25) is 0 Å². The first kappa shape index (κ1) is 17.9. The molecule has 0 aromatic carbocycles. The third-order valence-corrected chi connectivity index (χ3v) is 5.09. The maximum atomic E-state index is 3.55. The van der Waals surface area contributed by atoms with E-state index < -0.39 is 0 Å². The monoisotopic (exact) mass is 283 g/mol. The highest BCUT2D eigenvalue weighted by molar-refractivity contribution is 4.93. The molecule has 3 atom stereocenters. The molecule has 3 unspecified atom stereocenters. The fraction of sp³-hybridized carbons (Fsp3) is 1.00. The van der Waals surface area contributed by atoms with Crippen molar-refractivity contribution in [3.05, 3.63) is 0 Å². The highest BCUT2D eigenvalue weighted by atomic mass is 15.2. The summed E-state index contributed by atoms with van der Waals surface area (Å²) in [5, 5.41) is 3.55. The number of rotatable bonds is 6. The van der Waals surface area contributed by atoms with Crippen molar-refractivity contribution in [1.82, 2.24) is 15.1 Å². The van der Waals surface area contributed by atoms with Gasteiger partial charge in [-0.2, -0.15) is 0 Å². The zero-order valence-corrected chi connectivity index (χ0v) is 14.9. The Kier molecular flexibility index (Phi) is 6.96. The van der Waals surface area contributed by atoms with Crippen molar-refractivity contribution < 1.29 is 0 Å². The second-order valence-electron chi connectivity index (χ2n) is 7.98. The molecule has 0 radical (unpaired) electrons. The lowest BCUT2D eigenvalue weighted by Gasteiger charge is -2.45. The lowest BCUT2D eigenvalue weighted by molar-refractivity contribution is 0.0732.